The summed E-state index contributed by atoms with van der Waals surface area (Å²) in [7, 11) is 3.12. The largest absolute Gasteiger partial charge is 0.497 e. The maximum atomic E-state index is 12.1. The van der Waals surface area contributed by atoms with Crippen molar-refractivity contribution in [1.29, 1.82) is 0 Å². The summed E-state index contributed by atoms with van der Waals surface area (Å²) >= 11 is 0. The summed E-state index contributed by atoms with van der Waals surface area (Å²) in [6.45, 7) is 3.82. The van der Waals surface area contributed by atoms with Gasteiger partial charge in [-0.05, 0) is 32.4 Å². The quantitative estimate of drug-likeness (QED) is 0.789. The minimum Gasteiger partial charge on any atom is -0.497 e. The van der Waals surface area contributed by atoms with Gasteiger partial charge >= 0.3 is 0 Å². The predicted octanol–water partition coefficient (Wildman–Crippen LogP) is 2.40. The summed E-state index contributed by atoms with van der Waals surface area (Å²) < 4.78 is 10.3. The Balaban J connectivity index is 2.84. The smallest absolute Gasteiger partial charge is 0.163 e. The molecule has 4 heteroatoms. The number of rotatable bonds is 6. The molecule has 0 aromatic heterocycles. The van der Waals surface area contributed by atoms with Gasteiger partial charge in [-0.2, -0.15) is 0 Å². The maximum Gasteiger partial charge on any atom is 0.163 e. The van der Waals surface area contributed by atoms with E-state index < -0.39 is 0 Å². The first-order chi connectivity index (χ1) is 8.35. The first kappa shape index (κ1) is 14.5. The van der Waals surface area contributed by atoms with Gasteiger partial charge in [-0.25, -0.2) is 0 Å². The molecule has 4 nitrogen and oxygen atoms in total. The van der Waals surface area contributed by atoms with Crippen molar-refractivity contribution in [3.05, 3.63) is 23.8 Å². The van der Waals surface area contributed by atoms with Crippen LogP contribution >= 0.6 is 0 Å². The molecule has 1 aromatic rings. The summed E-state index contributed by atoms with van der Waals surface area (Å²) in [6, 6.07) is 5.17. The van der Waals surface area contributed by atoms with Crippen LogP contribution in [0.3, 0.4) is 0 Å². The monoisotopic (exact) mass is 251 g/mol. The van der Waals surface area contributed by atoms with E-state index in [0.29, 0.717) is 29.9 Å². The number of benzene rings is 1. The van der Waals surface area contributed by atoms with Crippen LogP contribution < -0.4 is 15.2 Å². The Bertz CT molecular complexity index is 399. The average molecular weight is 251 g/mol. The van der Waals surface area contributed by atoms with E-state index in [1.165, 1.54) is 0 Å². The fourth-order valence-electron chi connectivity index (χ4n) is 1.55. The third kappa shape index (κ3) is 4.37. The zero-order valence-electron chi connectivity index (χ0n) is 11.4. The topological polar surface area (TPSA) is 61.5 Å². The molecule has 0 spiro atoms. The fraction of sp³-hybridized carbons (Fsp3) is 0.500. The van der Waals surface area contributed by atoms with Crippen LogP contribution in [-0.4, -0.2) is 25.5 Å². The molecule has 1 rings (SSSR count). The fourth-order valence-corrected chi connectivity index (χ4v) is 1.55. The van der Waals surface area contributed by atoms with E-state index in [9.17, 15) is 4.79 Å². The summed E-state index contributed by atoms with van der Waals surface area (Å²) in [5.74, 6) is 1.28. The van der Waals surface area contributed by atoms with Crippen LogP contribution in [0, 0.1) is 0 Å². The Labute approximate surface area is 108 Å². The van der Waals surface area contributed by atoms with Gasteiger partial charge in [-0.3, -0.25) is 4.79 Å². The first-order valence-corrected chi connectivity index (χ1v) is 5.91. The average Bonchev–Trinajstić information content (AvgIpc) is 2.34. The Morgan fingerprint density at radius 1 is 1.17 bits per heavy atom. The summed E-state index contributed by atoms with van der Waals surface area (Å²) in [5, 5.41) is 0. The zero-order valence-corrected chi connectivity index (χ0v) is 11.4. The molecule has 0 bridgehead atoms. The van der Waals surface area contributed by atoms with Gasteiger partial charge in [-0.15, -0.1) is 0 Å². The summed E-state index contributed by atoms with van der Waals surface area (Å²) in [5.41, 5.74) is 6.13. The highest BCUT2D eigenvalue weighted by Gasteiger charge is 2.15. The van der Waals surface area contributed by atoms with Crippen molar-refractivity contribution in [2.24, 2.45) is 5.73 Å². The van der Waals surface area contributed by atoms with Crippen molar-refractivity contribution in [2.45, 2.75) is 32.2 Å². The second kappa shape index (κ2) is 5.87. The van der Waals surface area contributed by atoms with Crippen LogP contribution in [-0.2, 0) is 0 Å². The molecule has 100 valence electrons. The molecule has 0 atom stereocenters. The molecule has 0 radical (unpaired) electrons. The Hall–Kier alpha value is -1.55. The maximum absolute atomic E-state index is 12.1. The van der Waals surface area contributed by atoms with Gasteiger partial charge in [0.2, 0.25) is 0 Å². The van der Waals surface area contributed by atoms with E-state index in [2.05, 4.69) is 0 Å². The molecule has 1 aromatic carbocycles. The van der Waals surface area contributed by atoms with E-state index in [1.54, 1.807) is 32.4 Å². The number of nitrogens with two attached hydrogens (primary N) is 1. The Morgan fingerprint density at radius 2 is 1.67 bits per heavy atom. The molecule has 18 heavy (non-hydrogen) atoms. The lowest BCUT2D eigenvalue weighted by molar-refractivity contribution is 0.0972. The lowest BCUT2D eigenvalue weighted by atomic mass is 9.96. The SMILES string of the molecule is COc1cc(OC)cc(C(=O)CCC(C)(C)N)c1. The van der Waals surface area contributed by atoms with Gasteiger partial charge in [0.05, 0.1) is 14.2 Å². The molecule has 0 unspecified atom stereocenters. The highest BCUT2D eigenvalue weighted by atomic mass is 16.5. The van der Waals surface area contributed by atoms with E-state index in [-0.39, 0.29) is 11.3 Å². The van der Waals surface area contributed by atoms with E-state index in [4.69, 9.17) is 15.2 Å². The third-order valence-electron chi connectivity index (χ3n) is 2.67. The molecular weight excluding hydrogens is 230 g/mol. The van der Waals surface area contributed by atoms with E-state index >= 15 is 0 Å². The summed E-state index contributed by atoms with van der Waals surface area (Å²) in [6.07, 6.45) is 1.06. The molecule has 0 aliphatic heterocycles. The minimum absolute atomic E-state index is 0.0470. The zero-order chi connectivity index (χ0) is 13.8. The number of methoxy groups -OCH3 is 2. The minimum atomic E-state index is -0.335. The number of carbonyl (C=O) groups is 1. The number of ether oxygens (including phenoxy) is 2. The second-order valence-electron chi connectivity index (χ2n) is 5.01. The van der Waals surface area contributed by atoms with Crippen molar-refractivity contribution in [1.82, 2.24) is 0 Å². The van der Waals surface area contributed by atoms with Crippen LogP contribution in [0.5, 0.6) is 11.5 Å². The van der Waals surface area contributed by atoms with Crippen molar-refractivity contribution in [3.8, 4) is 11.5 Å². The van der Waals surface area contributed by atoms with Crippen LogP contribution in [0.4, 0.5) is 0 Å². The number of hydrogen-bond acceptors (Lipinski definition) is 4. The highest BCUT2D eigenvalue weighted by molar-refractivity contribution is 5.96. The number of Topliss-reactive ketones (excluding diaryl/α,β-unsaturated/α-hetero) is 1. The molecule has 0 aliphatic carbocycles. The van der Waals surface area contributed by atoms with Crippen molar-refractivity contribution in [3.63, 3.8) is 0 Å². The van der Waals surface area contributed by atoms with Crippen molar-refractivity contribution >= 4 is 5.78 Å². The van der Waals surface area contributed by atoms with Crippen molar-refractivity contribution < 1.29 is 14.3 Å². The van der Waals surface area contributed by atoms with Crippen molar-refractivity contribution in [2.75, 3.05) is 14.2 Å². The van der Waals surface area contributed by atoms with E-state index in [0.717, 1.165) is 0 Å². The lowest BCUT2D eigenvalue weighted by Gasteiger charge is -2.17. The van der Waals surface area contributed by atoms with Gasteiger partial charge < -0.3 is 15.2 Å². The third-order valence-corrected chi connectivity index (χ3v) is 2.67. The van der Waals surface area contributed by atoms with Gasteiger partial charge in [-0.1, -0.05) is 0 Å². The number of carbonyl (C=O) groups excluding carboxylic acids is 1. The Kier molecular flexibility index (Phi) is 4.73. The molecular formula is C14H21NO3. The van der Waals surface area contributed by atoms with Gasteiger partial charge in [0.1, 0.15) is 11.5 Å². The van der Waals surface area contributed by atoms with Crippen LogP contribution in [0.2, 0.25) is 0 Å². The van der Waals surface area contributed by atoms with Crippen LogP contribution in [0.1, 0.15) is 37.0 Å². The molecule has 0 saturated carbocycles. The van der Waals surface area contributed by atoms with E-state index in [1.807, 2.05) is 13.8 Å². The first-order valence-electron chi connectivity index (χ1n) is 5.91. The van der Waals surface area contributed by atoms with Crippen LogP contribution in [0.25, 0.3) is 0 Å². The van der Waals surface area contributed by atoms with Gasteiger partial charge in [0, 0.05) is 23.6 Å². The van der Waals surface area contributed by atoms with Crippen LogP contribution in [0.15, 0.2) is 18.2 Å². The standard InChI is InChI=1S/C14H21NO3/c1-14(2,15)6-5-13(16)10-7-11(17-3)9-12(8-10)18-4/h7-9H,5-6,15H2,1-4H3. The number of ketones is 1. The van der Waals surface area contributed by atoms with Gasteiger partial charge in [0.25, 0.3) is 0 Å². The predicted molar refractivity (Wildman–Crippen MR) is 71.4 cm³/mol. The lowest BCUT2D eigenvalue weighted by Crippen LogP contribution is -2.32. The molecule has 0 aliphatic rings. The molecule has 0 fully saturated rings. The molecule has 0 heterocycles. The molecule has 0 amide bonds. The second-order valence-corrected chi connectivity index (χ2v) is 5.01. The van der Waals surface area contributed by atoms with Gasteiger partial charge in [0.15, 0.2) is 5.78 Å². The summed E-state index contributed by atoms with van der Waals surface area (Å²) in [4.78, 5) is 12.1. The molecule has 2 N–H and O–H groups in total. The normalized spacial score (nSPS) is 11.2. The highest BCUT2D eigenvalue weighted by Crippen LogP contribution is 2.24. The molecule has 0 saturated heterocycles. The Morgan fingerprint density at radius 3 is 2.06 bits per heavy atom. The number of hydrogen-bond donors (Lipinski definition) is 1.